The Kier molecular flexibility index (Phi) is 3.74. The number of anilines is 2. The molecular weight excluding hydrogens is 258 g/mol. The largest absolute Gasteiger partial charge is 0.399 e. The first-order valence-corrected chi connectivity index (χ1v) is 5.06. The normalized spacial score (nSPS) is 9.67. The first-order chi connectivity index (χ1) is 7.00. The lowest BCUT2D eigenvalue weighted by atomic mass is 10.1. The standard InChI is InChI=1S/C10H12BrN3O/c1-6(11)5-14-9-4-7(12)2-3-8(9)10(13)15/h2-4,14H,1,5,12H2,(H2,13,15). The monoisotopic (exact) mass is 269 g/mol. The second-order valence-corrected chi connectivity index (χ2v) is 4.16. The third-order valence-corrected chi connectivity index (χ3v) is 2.06. The van der Waals surface area contributed by atoms with Crippen LogP contribution in [0.1, 0.15) is 10.4 Å². The average Bonchev–Trinajstić information content (AvgIpc) is 2.14. The summed E-state index contributed by atoms with van der Waals surface area (Å²) >= 11 is 3.21. The Labute approximate surface area is 96.5 Å². The zero-order valence-corrected chi connectivity index (χ0v) is 9.67. The van der Waals surface area contributed by atoms with Gasteiger partial charge in [-0.25, -0.2) is 0 Å². The summed E-state index contributed by atoms with van der Waals surface area (Å²) in [6.07, 6.45) is 0. The number of carbonyl (C=O) groups excluding carboxylic acids is 1. The fraction of sp³-hybridized carbons (Fsp3) is 0.100. The molecule has 0 aromatic heterocycles. The first kappa shape index (κ1) is 11.6. The van der Waals surface area contributed by atoms with Crippen molar-refractivity contribution in [3.8, 4) is 0 Å². The van der Waals surface area contributed by atoms with Gasteiger partial charge in [-0.2, -0.15) is 0 Å². The van der Waals surface area contributed by atoms with Gasteiger partial charge in [0.1, 0.15) is 0 Å². The van der Waals surface area contributed by atoms with Crippen molar-refractivity contribution >= 4 is 33.2 Å². The van der Waals surface area contributed by atoms with Crippen LogP contribution in [0.25, 0.3) is 0 Å². The number of halogens is 1. The Hall–Kier alpha value is -1.49. The van der Waals surface area contributed by atoms with Crippen LogP contribution in [-0.4, -0.2) is 12.5 Å². The van der Waals surface area contributed by atoms with Crippen molar-refractivity contribution in [1.29, 1.82) is 0 Å². The predicted octanol–water partition coefficient (Wildman–Crippen LogP) is 1.69. The van der Waals surface area contributed by atoms with Crippen LogP contribution in [0.15, 0.2) is 29.3 Å². The molecule has 5 N–H and O–H groups in total. The van der Waals surface area contributed by atoms with E-state index in [-0.39, 0.29) is 0 Å². The molecule has 1 aromatic rings. The summed E-state index contributed by atoms with van der Waals surface area (Å²) in [5.41, 5.74) is 12.4. The molecule has 0 atom stereocenters. The first-order valence-electron chi connectivity index (χ1n) is 4.27. The summed E-state index contributed by atoms with van der Waals surface area (Å²) in [7, 11) is 0. The molecule has 0 unspecified atom stereocenters. The van der Waals surface area contributed by atoms with Crippen LogP contribution >= 0.6 is 15.9 Å². The van der Waals surface area contributed by atoms with Crippen molar-refractivity contribution in [1.82, 2.24) is 0 Å². The van der Waals surface area contributed by atoms with Gasteiger partial charge in [0.2, 0.25) is 0 Å². The number of nitrogens with two attached hydrogens (primary N) is 2. The molecule has 0 spiro atoms. The van der Waals surface area contributed by atoms with Crippen LogP contribution in [0, 0.1) is 0 Å². The minimum absolute atomic E-state index is 0.415. The van der Waals surface area contributed by atoms with E-state index >= 15 is 0 Å². The topological polar surface area (TPSA) is 81.1 Å². The molecule has 0 saturated carbocycles. The Bertz CT molecular complexity index is 404. The number of nitrogens with one attached hydrogen (secondary N) is 1. The molecule has 0 fully saturated rings. The van der Waals surface area contributed by atoms with Crippen LogP contribution in [-0.2, 0) is 0 Å². The van der Waals surface area contributed by atoms with Crippen LogP contribution in [0.5, 0.6) is 0 Å². The lowest BCUT2D eigenvalue weighted by Gasteiger charge is -2.10. The molecule has 5 heteroatoms. The second kappa shape index (κ2) is 4.84. The summed E-state index contributed by atoms with van der Waals surface area (Å²) in [4.78, 5) is 11.1. The highest BCUT2D eigenvalue weighted by atomic mass is 79.9. The SMILES string of the molecule is C=C(Br)CNc1cc(N)ccc1C(N)=O. The summed E-state index contributed by atoms with van der Waals surface area (Å²) in [5, 5.41) is 3.01. The third kappa shape index (κ3) is 3.28. The number of primary amides is 1. The lowest BCUT2D eigenvalue weighted by molar-refractivity contribution is 0.100. The smallest absolute Gasteiger partial charge is 0.250 e. The van der Waals surface area contributed by atoms with Crippen LogP contribution in [0.2, 0.25) is 0 Å². The maximum absolute atomic E-state index is 11.1. The van der Waals surface area contributed by atoms with E-state index in [1.165, 1.54) is 0 Å². The predicted molar refractivity (Wildman–Crippen MR) is 65.9 cm³/mol. The van der Waals surface area contributed by atoms with E-state index in [1.54, 1.807) is 18.2 Å². The number of amides is 1. The van der Waals surface area contributed by atoms with Gasteiger partial charge < -0.3 is 16.8 Å². The highest BCUT2D eigenvalue weighted by molar-refractivity contribution is 9.11. The average molecular weight is 270 g/mol. The summed E-state index contributed by atoms with van der Waals surface area (Å²) in [6.45, 7) is 4.18. The Morgan fingerprint density at radius 2 is 2.20 bits per heavy atom. The molecular formula is C10H12BrN3O. The van der Waals surface area contributed by atoms with Gasteiger partial charge in [-0.3, -0.25) is 4.79 Å². The molecule has 0 aliphatic rings. The van der Waals surface area contributed by atoms with Gasteiger partial charge in [0.15, 0.2) is 0 Å². The van der Waals surface area contributed by atoms with E-state index < -0.39 is 5.91 Å². The van der Waals surface area contributed by atoms with Crippen molar-refractivity contribution in [2.45, 2.75) is 0 Å². The van der Waals surface area contributed by atoms with Gasteiger partial charge in [0, 0.05) is 22.4 Å². The fourth-order valence-electron chi connectivity index (χ4n) is 1.11. The highest BCUT2D eigenvalue weighted by Crippen LogP contribution is 2.19. The Morgan fingerprint density at radius 1 is 1.53 bits per heavy atom. The Morgan fingerprint density at radius 3 is 2.73 bits per heavy atom. The van der Waals surface area contributed by atoms with Crippen LogP contribution in [0.4, 0.5) is 11.4 Å². The number of hydrogen-bond donors (Lipinski definition) is 3. The molecule has 0 radical (unpaired) electrons. The molecule has 0 bridgehead atoms. The molecule has 80 valence electrons. The molecule has 1 rings (SSSR count). The van der Waals surface area contributed by atoms with Crippen molar-refractivity contribution in [2.24, 2.45) is 5.73 Å². The molecule has 0 saturated heterocycles. The number of carbonyl (C=O) groups is 1. The number of nitrogen functional groups attached to an aromatic ring is 1. The van der Waals surface area contributed by atoms with Crippen molar-refractivity contribution in [3.63, 3.8) is 0 Å². The van der Waals surface area contributed by atoms with Crippen molar-refractivity contribution < 1.29 is 4.79 Å². The minimum Gasteiger partial charge on any atom is -0.399 e. The maximum Gasteiger partial charge on any atom is 0.250 e. The Balaban J connectivity index is 2.96. The molecule has 4 nitrogen and oxygen atoms in total. The maximum atomic E-state index is 11.1. The van der Waals surface area contributed by atoms with E-state index in [2.05, 4.69) is 27.8 Å². The molecule has 0 heterocycles. The van der Waals surface area contributed by atoms with Crippen molar-refractivity contribution in [3.05, 3.63) is 34.8 Å². The van der Waals surface area contributed by atoms with E-state index in [1.807, 2.05) is 0 Å². The zero-order valence-electron chi connectivity index (χ0n) is 8.09. The quantitative estimate of drug-likeness (QED) is 0.728. The lowest BCUT2D eigenvalue weighted by Crippen LogP contribution is -2.15. The molecule has 0 aliphatic heterocycles. The fourth-order valence-corrected chi connectivity index (χ4v) is 1.25. The highest BCUT2D eigenvalue weighted by Gasteiger charge is 2.07. The van der Waals surface area contributed by atoms with Gasteiger partial charge in [0.25, 0.3) is 5.91 Å². The summed E-state index contributed by atoms with van der Waals surface area (Å²) in [6, 6.07) is 4.89. The molecule has 1 aromatic carbocycles. The van der Waals surface area contributed by atoms with Gasteiger partial charge in [-0.1, -0.05) is 22.5 Å². The van der Waals surface area contributed by atoms with Crippen LogP contribution in [0.3, 0.4) is 0 Å². The molecule has 1 amide bonds. The van der Waals surface area contributed by atoms with Gasteiger partial charge in [0.05, 0.1) is 5.56 Å². The molecule has 0 aliphatic carbocycles. The number of rotatable bonds is 4. The van der Waals surface area contributed by atoms with E-state index in [9.17, 15) is 4.79 Å². The third-order valence-electron chi connectivity index (χ3n) is 1.78. The van der Waals surface area contributed by atoms with Crippen molar-refractivity contribution in [2.75, 3.05) is 17.6 Å². The van der Waals surface area contributed by atoms with Gasteiger partial charge in [-0.05, 0) is 18.2 Å². The number of benzene rings is 1. The van der Waals surface area contributed by atoms with Gasteiger partial charge in [-0.15, -0.1) is 0 Å². The summed E-state index contributed by atoms with van der Waals surface area (Å²) in [5.74, 6) is -0.488. The van der Waals surface area contributed by atoms with E-state index in [0.717, 1.165) is 4.48 Å². The second-order valence-electron chi connectivity index (χ2n) is 3.04. The van der Waals surface area contributed by atoms with Crippen LogP contribution < -0.4 is 16.8 Å². The zero-order chi connectivity index (χ0) is 11.4. The summed E-state index contributed by atoms with van der Waals surface area (Å²) < 4.78 is 0.778. The minimum atomic E-state index is -0.488. The van der Waals surface area contributed by atoms with E-state index in [0.29, 0.717) is 23.5 Å². The van der Waals surface area contributed by atoms with E-state index in [4.69, 9.17) is 11.5 Å². The molecule has 15 heavy (non-hydrogen) atoms. The van der Waals surface area contributed by atoms with Gasteiger partial charge >= 0.3 is 0 Å². The number of hydrogen-bond acceptors (Lipinski definition) is 3.